The Labute approximate surface area is 136 Å². The lowest BCUT2D eigenvalue weighted by molar-refractivity contribution is -0.145. The first-order valence-electron chi connectivity index (χ1n) is 6.46. The number of carbonyl (C=O) groups excluding carboxylic acids is 1. The molecular formula is C13H16BrClN4O2. The maximum absolute atomic E-state index is 12.1. The fourth-order valence-corrected chi connectivity index (χ4v) is 2.38. The number of ether oxygens (including phenoxy) is 1. The minimum Gasteiger partial charge on any atom is -0.465 e. The molecule has 0 radical (unpaired) electrons. The molecule has 1 unspecified atom stereocenters. The van der Waals surface area contributed by atoms with Crippen LogP contribution in [0.25, 0.3) is 10.4 Å². The lowest BCUT2D eigenvalue weighted by Crippen LogP contribution is -2.31. The van der Waals surface area contributed by atoms with Gasteiger partial charge in [0.1, 0.15) is 6.04 Å². The molecule has 0 fully saturated rings. The van der Waals surface area contributed by atoms with Gasteiger partial charge in [0, 0.05) is 21.0 Å². The second kappa shape index (κ2) is 9.63. The molecule has 0 aromatic heterocycles. The van der Waals surface area contributed by atoms with Crippen LogP contribution in [0.2, 0.25) is 5.02 Å². The number of halogens is 2. The zero-order valence-corrected chi connectivity index (χ0v) is 13.9. The predicted octanol–water partition coefficient (Wildman–Crippen LogP) is 4.00. The number of hydrogen-bond donors (Lipinski definition) is 1. The van der Waals surface area contributed by atoms with Crippen LogP contribution in [0.5, 0.6) is 0 Å². The second-order valence-electron chi connectivity index (χ2n) is 4.11. The van der Waals surface area contributed by atoms with Crippen LogP contribution < -0.4 is 5.32 Å². The number of hydrogen-bond acceptors (Lipinski definition) is 4. The van der Waals surface area contributed by atoms with Gasteiger partial charge in [-0.15, -0.1) is 0 Å². The van der Waals surface area contributed by atoms with E-state index < -0.39 is 6.04 Å². The molecule has 1 aromatic carbocycles. The van der Waals surface area contributed by atoms with E-state index in [1.54, 1.807) is 25.1 Å². The van der Waals surface area contributed by atoms with Gasteiger partial charge in [-0.3, -0.25) is 0 Å². The van der Waals surface area contributed by atoms with E-state index in [4.69, 9.17) is 21.9 Å². The number of azide groups is 1. The maximum Gasteiger partial charge on any atom is 0.327 e. The molecule has 1 aromatic rings. The normalized spacial score (nSPS) is 11.6. The third kappa shape index (κ3) is 5.93. The number of nitrogens with one attached hydrogen (secondary N) is 1. The minimum absolute atomic E-state index is 0.300. The van der Waals surface area contributed by atoms with Crippen molar-refractivity contribution in [2.45, 2.75) is 19.4 Å². The number of rotatable bonds is 8. The number of esters is 1. The molecule has 0 heterocycles. The maximum atomic E-state index is 12.1. The zero-order chi connectivity index (χ0) is 15.7. The molecule has 8 heteroatoms. The Morgan fingerprint density at radius 3 is 3.05 bits per heavy atom. The third-order valence-corrected chi connectivity index (χ3v) is 3.60. The number of carbonyl (C=O) groups is 1. The largest absolute Gasteiger partial charge is 0.465 e. The first-order chi connectivity index (χ1) is 10.1. The average molecular weight is 376 g/mol. The van der Waals surface area contributed by atoms with Crippen molar-refractivity contribution in [2.24, 2.45) is 5.11 Å². The topological polar surface area (TPSA) is 87.1 Å². The summed E-state index contributed by atoms with van der Waals surface area (Å²) in [5, 5.41) is 7.09. The highest BCUT2D eigenvalue weighted by molar-refractivity contribution is 9.10. The Hall–Kier alpha value is -1.27. The first kappa shape index (κ1) is 17.8. The summed E-state index contributed by atoms with van der Waals surface area (Å²) in [5.74, 6) is -0.371. The van der Waals surface area contributed by atoms with Crippen molar-refractivity contribution in [1.29, 1.82) is 0 Å². The van der Waals surface area contributed by atoms with Crippen molar-refractivity contribution >= 4 is 33.5 Å². The van der Waals surface area contributed by atoms with Gasteiger partial charge in [-0.1, -0.05) is 32.6 Å². The molecule has 0 amide bonds. The smallest absolute Gasteiger partial charge is 0.327 e. The van der Waals surface area contributed by atoms with E-state index >= 15 is 0 Å². The molecule has 1 atom stereocenters. The molecular weight excluding hydrogens is 360 g/mol. The van der Waals surface area contributed by atoms with Gasteiger partial charge in [0.2, 0.25) is 0 Å². The molecule has 21 heavy (non-hydrogen) atoms. The van der Waals surface area contributed by atoms with Crippen LogP contribution in [0, 0.1) is 0 Å². The van der Waals surface area contributed by atoms with Crippen molar-refractivity contribution < 1.29 is 9.53 Å². The summed E-state index contributed by atoms with van der Waals surface area (Å²) in [5.41, 5.74) is 8.93. The predicted molar refractivity (Wildman–Crippen MR) is 85.2 cm³/mol. The van der Waals surface area contributed by atoms with Crippen molar-refractivity contribution in [1.82, 2.24) is 5.32 Å². The molecule has 1 rings (SSSR count). The van der Waals surface area contributed by atoms with Gasteiger partial charge in [0.25, 0.3) is 0 Å². The van der Waals surface area contributed by atoms with E-state index in [0.29, 0.717) is 36.7 Å². The Balaban J connectivity index is 2.83. The van der Waals surface area contributed by atoms with Crippen LogP contribution in [0.1, 0.15) is 24.9 Å². The molecule has 6 nitrogen and oxygen atoms in total. The molecule has 0 aliphatic heterocycles. The summed E-state index contributed by atoms with van der Waals surface area (Å²) in [6.45, 7) is 2.94. The van der Waals surface area contributed by atoms with Gasteiger partial charge < -0.3 is 10.1 Å². The van der Waals surface area contributed by atoms with E-state index in [2.05, 4.69) is 31.3 Å². The molecule has 0 saturated carbocycles. The van der Waals surface area contributed by atoms with Gasteiger partial charge in [0.05, 0.1) is 6.61 Å². The lowest BCUT2D eigenvalue weighted by Gasteiger charge is -2.19. The summed E-state index contributed by atoms with van der Waals surface area (Å²) >= 11 is 9.40. The molecule has 0 bridgehead atoms. The van der Waals surface area contributed by atoms with E-state index in [1.165, 1.54) is 0 Å². The summed E-state index contributed by atoms with van der Waals surface area (Å²) in [7, 11) is 0. The van der Waals surface area contributed by atoms with Gasteiger partial charge in [0.15, 0.2) is 0 Å². The van der Waals surface area contributed by atoms with E-state index in [9.17, 15) is 4.79 Å². The summed E-state index contributed by atoms with van der Waals surface area (Å²) < 4.78 is 5.86. The van der Waals surface area contributed by atoms with Crippen LogP contribution in [0.4, 0.5) is 0 Å². The van der Waals surface area contributed by atoms with Crippen LogP contribution >= 0.6 is 27.5 Å². The van der Waals surface area contributed by atoms with Crippen LogP contribution in [0.15, 0.2) is 27.8 Å². The quantitative estimate of drug-likeness (QED) is 0.245. The third-order valence-electron chi connectivity index (χ3n) is 2.64. The fraction of sp³-hybridized carbons (Fsp3) is 0.462. The number of benzene rings is 1. The monoisotopic (exact) mass is 374 g/mol. The Morgan fingerprint density at radius 1 is 1.62 bits per heavy atom. The Bertz CT molecular complexity index is 535. The highest BCUT2D eigenvalue weighted by Crippen LogP contribution is 2.27. The summed E-state index contributed by atoms with van der Waals surface area (Å²) in [4.78, 5) is 14.8. The van der Waals surface area contributed by atoms with Crippen molar-refractivity contribution in [3.63, 3.8) is 0 Å². The fourth-order valence-electron chi connectivity index (χ4n) is 1.72. The second-order valence-corrected chi connectivity index (χ2v) is 5.40. The summed E-state index contributed by atoms with van der Waals surface area (Å²) in [6.07, 6.45) is 0.623. The molecule has 114 valence electrons. The van der Waals surface area contributed by atoms with Crippen LogP contribution in [-0.2, 0) is 9.53 Å². The molecule has 0 aliphatic rings. The highest BCUT2D eigenvalue weighted by Gasteiger charge is 2.23. The van der Waals surface area contributed by atoms with E-state index in [1.807, 2.05) is 0 Å². The standard InChI is InChI=1S/C13H16BrClN4O2/c1-2-21-13(20)12(17-6-3-7-18-19-16)10-8-9(15)4-5-11(10)14/h4-5,8,12,17H,2-3,6-7H2,1H3. The number of nitrogens with zero attached hydrogens (tertiary/aromatic N) is 3. The highest BCUT2D eigenvalue weighted by atomic mass is 79.9. The SMILES string of the molecule is CCOC(=O)C(NCCCN=[N+]=[N-])c1cc(Cl)ccc1Br. The Morgan fingerprint density at radius 2 is 2.38 bits per heavy atom. The lowest BCUT2D eigenvalue weighted by atomic mass is 10.1. The van der Waals surface area contributed by atoms with Crippen LogP contribution in [-0.4, -0.2) is 25.7 Å². The zero-order valence-electron chi connectivity index (χ0n) is 11.6. The Kier molecular flexibility index (Phi) is 8.15. The first-order valence-corrected chi connectivity index (χ1v) is 7.63. The average Bonchev–Trinajstić information content (AvgIpc) is 2.46. The van der Waals surface area contributed by atoms with Crippen molar-refractivity contribution in [2.75, 3.05) is 19.7 Å². The van der Waals surface area contributed by atoms with Gasteiger partial charge in [-0.25, -0.2) is 4.79 Å². The molecule has 0 saturated heterocycles. The summed E-state index contributed by atoms with van der Waals surface area (Å²) in [6, 6.07) is 4.61. The van der Waals surface area contributed by atoms with E-state index in [-0.39, 0.29) is 5.97 Å². The van der Waals surface area contributed by atoms with Gasteiger partial charge >= 0.3 is 5.97 Å². The molecule has 0 spiro atoms. The molecule has 0 aliphatic carbocycles. The minimum atomic E-state index is -0.621. The molecule has 1 N–H and O–H groups in total. The van der Waals surface area contributed by atoms with Gasteiger partial charge in [-0.2, -0.15) is 0 Å². The van der Waals surface area contributed by atoms with E-state index in [0.717, 1.165) is 4.47 Å². The van der Waals surface area contributed by atoms with Crippen LogP contribution in [0.3, 0.4) is 0 Å². The van der Waals surface area contributed by atoms with Crippen molar-refractivity contribution in [3.8, 4) is 0 Å². The van der Waals surface area contributed by atoms with Crippen molar-refractivity contribution in [3.05, 3.63) is 43.7 Å². The van der Waals surface area contributed by atoms with Gasteiger partial charge in [-0.05, 0) is 49.2 Å².